The van der Waals surface area contributed by atoms with Crippen LogP contribution in [0.1, 0.15) is 52.7 Å². The van der Waals surface area contributed by atoms with E-state index in [0.717, 1.165) is 5.56 Å². The van der Waals surface area contributed by atoms with Crippen molar-refractivity contribution in [3.05, 3.63) is 35.4 Å². The Kier molecular flexibility index (Phi) is 7.35. The zero-order valence-electron chi connectivity index (χ0n) is 15.9. The Labute approximate surface area is 154 Å². The van der Waals surface area contributed by atoms with E-state index in [1.807, 2.05) is 0 Å². The highest BCUT2D eigenvalue weighted by atomic mass is 32.2. The Morgan fingerprint density at radius 2 is 1.68 bits per heavy atom. The molecular weight excluding hydrogens is 338 g/mol. The predicted octanol–water partition coefficient (Wildman–Crippen LogP) is 4.20. The monoisotopic (exact) mass is 367 g/mol. The van der Waals surface area contributed by atoms with Gasteiger partial charge in [-0.3, -0.25) is 0 Å². The number of benzene rings is 1. The lowest BCUT2D eigenvalue weighted by Gasteiger charge is -2.22. The van der Waals surface area contributed by atoms with Crippen LogP contribution in [0.2, 0.25) is 0 Å². The minimum atomic E-state index is -1.07. The van der Waals surface area contributed by atoms with Gasteiger partial charge in [-0.1, -0.05) is 45.0 Å². The van der Waals surface area contributed by atoms with E-state index in [9.17, 15) is 14.7 Å². The van der Waals surface area contributed by atoms with Crippen LogP contribution in [0.5, 0.6) is 0 Å². The quantitative estimate of drug-likeness (QED) is 0.788. The number of rotatable bonds is 6. The molecule has 0 fully saturated rings. The van der Waals surface area contributed by atoms with E-state index >= 15 is 0 Å². The average molecular weight is 368 g/mol. The summed E-state index contributed by atoms with van der Waals surface area (Å²) in [7, 11) is 0. The lowest BCUT2D eigenvalue weighted by atomic mass is 9.87. The molecule has 140 valence electrons. The summed E-state index contributed by atoms with van der Waals surface area (Å²) in [6, 6.07) is 7.34. The summed E-state index contributed by atoms with van der Waals surface area (Å²) in [6.07, 6.45) is -0.713. The topological polar surface area (TPSA) is 75.6 Å². The highest BCUT2D eigenvalue weighted by molar-refractivity contribution is 7.98. The van der Waals surface area contributed by atoms with Crippen LogP contribution in [0.15, 0.2) is 24.3 Å². The Bertz CT molecular complexity index is 585. The van der Waals surface area contributed by atoms with Gasteiger partial charge in [0.2, 0.25) is 0 Å². The van der Waals surface area contributed by atoms with Crippen LogP contribution < -0.4 is 5.32 Å². The molecule has 0 aliphatic carbocycles. The molecule has 1 aromatic rings. The van der Waals surface area contributed by atoms with Crippen LogP contribution in [0.25, 0.3) is 0 Å². The van der Waals surface area contributed by atoms with Gasteiger partial charge < -0.3 is 15.2 Å². The van der Waals surface area contributed by atoms with E-state index in [2.05, 4.69) is 50.4 Å². The number of alkyl carbamates (subject to hydrolysis) is 1. The minimum Gasteiger partial charge on any atom is -0.480 e. The normalized spacial score (nSPS) is 13.2. The van der Waals surface area contributed by atoms with Crippen molar-refractivity contribution < 1.29 is 19.4 Å². The first-order valence-corrected chi connectivity index (χ1v) is 9.43. The lowest BCUT2D eigenvalue weighted by Crippen LogP contribution is -2.44. The summed E-state index contributed by atoms with van der Waals surface area (Å²) in [5.74, 6) is -0.110. The standard InChI is InChI=1S/C19H29NO4S/c1-18(2,3)14-9-7-13(8-10-14)11-25-12-15(16(21)22)20-17(23)24-19(4,5)6/h7-10,15H,11-12H2,1-6H3,(H,20,23)(H,21,22). The van der Waals surface area contributed by atoms with Gasteiger partial charge >= 0.3 is 12.1 Å². The van der Waals surface area contributed by atoms with E-state index in [0.29, 0.717) is 5.75 Å². The second kappa shape index (κ2) is 8.61. The van der Waals surface area contributed by atoms with Crippen LogP contribution >= 0.6 is 11.8 Å². The fourth-order valence-electron chi connectivity index (χ4n) is 2.02. The number of amides is 1. The van der Waals surface area contributed by atoms with Gasteiger partial charge in [0.1, 0.15) is 11.6 Å². The van der Waals surface area contributed by atoms with E-state index in [-0.39, 0.29) is 11.2 Å². The molecule has 25 heavy (non-hydrogen) atoms. The summed E-state index contributed by atoms with van der Waals surface area (Å²) in [5.41, 5.74) is 1.84. The molecule has 0 aromatic heterocycles. The van der Waals surface area contributed by atoms with Crippen LogP contribution in [-0.4, -0.2) is 34.6 Å². The minimum absolute atomic E-state index is 0.109. The number of hydrogen-bond acceptors (Lipinski definition) is 4. The van der Waals surface area contributed by atoms with Gasteiger partial charge in [0, 0.05) is 11.5 Å². The van der Waals surface area contributed by atoms with Gasteiger partial charge in [-0.25, -0.2) is 9.59 Å². The van der Waals surface area contributed by atoms with Gasteiger partial charge in [0.25, 0.3) is 0 Å². The molecule has 0 saturated carbocycles. The Morgan fingerprint density at radius 3 is 2.12 bits per heavy atom. The number of carbonyl (C=O) groups excluding carboxylic acids is 1. The van der Waals surface area contributed by atoms with Crippen LogP contribution in [0.4, 0.5) is 4.79 Å². The largest absolute Gasteiger partial charge is 0.480 e. The second-order valence-corrected chi connectivity index (χ2v) is 9.03. The Balaban J connectivity index is 2.53. The zero-order chi connectivity index (χ0) is 19.3. The van der Waals surface area contributed by atoms with E-state index in [1.54, 1.807) is 20.8 Å². The van der Waals surface area contributed by atoms with Crippen molar-refractivity contribution in [3.63, 3.8) is 0 Å². The molecule has 1 amide bonds. The fourth-order valence-corrected chi connectivity index (χ4v) is 3.03. The number of thioether (sulfide) groups is 1. The molecule has 0 radical (unpaired) electrons. The molecule has 6 heteroatoms. The summed E-state index contributed by atoms with van der Waals surface area (Å²) in [6.45, 7) is 11.7. The van der Waals surface area contributed by atoms with Crippen LogP contribution in [-0.2, 0) is 20.7 Å². The first kappa shape index (κ1) is 21.4. The smallest absolute Gasteiger partial charge is 0.408 e. The maximum atomic E-state index is 11.7. The molecule has 0 spiro atoms. The third kappa shape index (κ3) is 8.29. The van der Waals surface area contributed by atoms with Crippen LogP contribution in [0.3, 0.4) is 0 Å². The summed E-state index contributed by atoms with van der Waals surface area (Å²) < 4.78 is 5.11. The van der Waals surface area contributed by atoms with Gasteiger partial charge in [-0.05, 0) is 37.3 Å². The Hall–Kier alpha value is -1.69. The highest BCUT2D eigenvalue weighted by Gasteiger charge is 2.23. The van der Waals surface area contributed by atoms with E-state index in [4.69, 9.17) is 4.74 Å². The summed E-state index contributed by atoms with van der Waals surface area (Å²) in [4.78, 5) is 23.0. The number of hydrogen-bond donors (Lipinski definition) is 2. The molecule has 1 aromatic carbocycles. The molecule has 0 heterocycles. The number of ether oxygens (including phenoxy) is 1. The van der Waals surface area contributed by atoms with E-state index in [1.165, 1.54) is 17.3 Å². The molecular formula is C19H29NO4S. The number of carboxylic acids is 1. The average Bonchev–Trinajstić information content (AvgIpc) is 2.43. The number of aliphatic carboxylic acids is 1. The van der Waals surface area contributed by atoms with Crippen molar-refractivity contribution >= 4 is 23.8 Å². The number of carboxylic acid groups (broad SMARTS) is 1. The maximum absolute atomic E-state index is 11.7. The molecule has 1 rings (SSSR count). The van der Waals surface area contributed by atoms with Gasteiger partial charge in [0.05, 0.1) is 0 Å². The highest BCUT2D eigenvalue weighted by Crippen LogP contribution is 2.23. The zero-order valence-corrected chi connectivity index (χ0v) is 16.7. The van der Waals surface area contributed by atoms with Crippen molar-refractivity contribution in [1.29, 1.82) is 0 Å². The third-order valence-electron chi connectivity index (χ3n) is 3.36. The van der Waals surface area contributed by atoms with Gasteiger partial charge in [0.15, 0.2) is 0 Å². The fraction of sp³-hybridized carbons (Fsp3) is 0.579. The van der Waals surface area contributed by atoms with Crippen molar-refractivity contribution in [1.82, 2.24) is 5.32 Å². The molecule has 5 nitrogen and oxygen atoms in total. The molecule has 1 unspecified atom stereocenters. The second-order valence-electron chi connectivity index (χ2n) is 8.00. The number of carbonyl (C=O) groups is 2. The Morgan fingerprint density at radius 1 is 1.12 bits per heavy atom. The summed E-state index contributed by atoms with van der Waals surface area (Å²) in [5, 5.41) is 11.7. The van der Waals surface area contributed by atoms with E-state index < -0.39 is 23.7 Å². The first-order valence-electron chi connectivity index (χ1n) is 8.28. The van der Waals surface area contributed by atoms with Crippen molar-refractivity contribution in [3.8, 4) is 0 Å². The molecule has 1 atom stereocenters. The van der Waals surface area contributed by atoms with Crippen molar-refractivity contribution in [2.24, 2.45) is 0 Å². The number of nitrogens with one attached hydrogen (secondary N) is 1. The first-order chi connectivity index (χ1) is 11.4. The lowest BCUT2D eigenvalue weighted by molar-refractivity contribution is -0.138. The van der Waals surface area contributed by atoms with Gasteiger partial charge in [-0.15, -0.1) is 0 Å². The van der Waals surface area contributed by atoms with Crippen molar-refractivity contribution in [2.45, 2.75) is 64.4 Å². The molecule has 0 aliphatic rings. The molecule has 0 bridgehead atoms. The van der Waals surface area contributed by atoms with Crippen LogP contribution in [0, 0.1) is 0 Å². The summed E-state index contributed by atoms with van der Waals surface area (Å²) >= 11 is 1.46. The SMILES string of the molecule is CC(C)(C)OC(=O)NC(CSCc1ccc(C(C)(C)C)cc1)C(=O)O. The predicted molar refractivity (Wildman–Crippen MR) is 102 cm³/mol. The van der Waals surface area contributed by atoms with Crippen molar-refractivity contribution in [2.75, 3.05) is 5.75 Å². The molecule has 0 aliphatic heterocycles. The maximum Gasteiger partial charge on any atom is 0.408 e. The third-order valence-corrected chi connectivity index (χ3v) is 4.47. The molecule has 2 N–H and O–H groups in total. The molecule has 0 saturated heterocycles. The van der Waals surface area contributed by atoms with Gasteiger partial charge in [-0.2, -0.15) is 11.8 Å².